The van der Waals surface area contributed by atoms with Gasteiger partial charge in [0, 0.05) is 29.9 Å². The second kappa shape index (κ2) is 6.04. The maximum atomic E-state index is 12.9. The van der Waals surface area contributed by atoms with Crippen LogP contribution >= 0.6 is 0 Å². The number of aromatic nitrogens is 1. The predicted molar refractivity (Wildman–Crippen MR) is 86.8 cm³/mol. The molecule has 1 aliphatic heterocycles. The van der Waals surface area contributed by atoms with Gasteiger partial charge in [-0.3, -0.25) is 4.79 Å². The molecule has 1 saturated heterocycles. The van der Waals surface area contributed by atoms with E-state index in [0.717, 1.165) is 43.0 Å². The summed E-state index contributed by atoms with van der Waals surface area (Å²) in [5.41, 5.74) is 1.67. The van der Waals surface area contributed by atoms with Gasteiger partial charge in [0.15, 0.2) is 0 Å². The third kappa shape index (κ3) is 3.36. The van der Waals surface area contributed by atoms with E-state index in [1.165, 1.54) is 0 Å². The van der Waals surface area contributed by atoms with Crippen LogP contribution in [0.1, 0.15) is 69.4 Å². The summed E-state index contributed by atoms with van der Waals surface area (Å²) < 4.78 is 0. The SMILES string of the molecule is CCNc1cc(C(=O)N2CCCC2(C)C)cc(C(C)C)n1. The van der Waals surface area contributed by atoms with Crippen LogP contribution in [0.25, 0.3) is 0 Å². The summed E-state index contributed by atoms with van der Waals surface area (Å²) in [4.78, 5) is 19.5. The number of anilines is 1. The second-order valence-electron chi connectivity index (χ2n) is 6.72. The molecule has 0 bridgehead atoms. The Hall–Kier alpha value is -1.58. The number of amides is 1. The Kier molecular flexibility index (Phi) is 4.55. The molecule has 4 heteroatoms. The molecule has 0 aromatic carbocycles. The molecule has 0 unspecified atom stereocenters. The molecule has 1 amide bonds. The van der Waals surface area contributed by atoms with E-state index < -0.39 is 0 Å². The maximum absolute atomic E-state index is 12.9. The minimum atomic E-state index is -0.0449. The van der Waals surface area contributed by atoms with Crippen LogP contribution in [0.15, 0.2) is 12.1 Å². The van der Waals surface area contributed by atoms with Crippen molar-refractivity contribution in [1.29, 1.82) is 0 Å². The first-order chi connectivity index (χ1) is 9.85. The van der Waals surface area contributed by atoms with Crippen LogP contribution in [-0.4, -0.2) is 34.4 Å². The number of likely N-dealkylation sites (tertiary alicyclic amines) is 1. The summed E-state index contributed by atoms with van der Waals surface area (Å²) in [6.45, 7) is 12.2. The average molecular weight is 289 g/mol. The average Bonchev–Trinajstić information content (AvgIpc) is 2.77. The van der Waals surface area contributed by atoms with Gasteiger partial charge in [0.25, 0.3) is 5.91 Å². The quantitative estimate of drug-likeness (QED) is 0.920. The van der Waals surface area contributed by atoms with E-state index in [4.69, 9.17) is 0 Å². The Morgan fingerprint density at radius 2 is 2.14 bits per heavy atom. The van der Waals surface area contributed by atoms with E-state index in [9.17, 15) is 4.79 Å². The fourth-order valence-electron chi connectivity index (χ4n) is 2.88. The van der Waals surface area contributed by atoms with E-state index in [0.29, 0.717) is 5.92 Å². The first-order valence-electron chi connectivity index (χ1n) is 7.93. The minimum absolute atomic E-state index is 0.0449. The zero-order valence-electron chi connectivity index (χ0n) is 13.9. The van der Waals surface area contributed by atoms with Crippen LogP contribution in [0.5, 0.6) is 0 Å². The highest BCUT2D eigenvalue weighted by Crippen LogP contribution is 2.30. The molecule has 0 spiro atoms. The maximum Gasteiger partial charge on any atom is 0.254 e. The van der Waals surface area contributed by atoms with Crippen LogP contribution in [-0.2, 0) is 0 Å². The topological polar surface area (TPSA) is 45.2 Å². The molecule has 0 aliphatic carbocycles. The van der Waals surface area contributed by atoms with Crippen molar-refractivity contribution >= 4 is 11.7 Å². The third-order valence-corrected chi connectivity index (χ3v) is 4.19. The van der Waals surface area contributed by atoms with Crippen LogP contribution in [0.2, 0.25) is 0 Å². The standard InChI is InChI=1S/C17H27N3O/c1-6-18-15-11-13(10-14(19-15)12(2)3)16(21)20-9-7-8-17(20,4)5/h10-12H,6-9H2,1-5H3,(H,18,19). The monoisotopic (exact) mass is 289 g/mol. The highest BCUT2D eigenvalue weighted by Gasteiger charge is 2.36. The lowest BCUT2D eigenvalue weighted by molar-refractivity contribution is 0.0652. The van der Waals surface area contributed by atoms with Gasteiger partial charge in [0.2, 0.25) is 0 Å². The molecular weight excluding hydrogens is 262 g/mol. The number of hydrogen-bond acceptors (Lipinski definition) is 3. The first kappa shape index (κ1) is 15.8. The van der Waals surface area contributed by atoms with Crippen molar-refractivity contribution in [2.24, 2.45) is 0 Å². The van der Waals surface area contributed by atoms with Gasteiger partial charge in [0.05, 0.1) is 0 Å². The lowest BCUT2D eigenvalue weighted by Crippen LogP contribution is -2.42. The van der Waals surface area contributed by atoms with Crippen molar-refractivity contribution < 1.29 is 4.79 Å². The smallest absolute Gasteiger partial charge is 0.254 e. The van der Waals surface area contributed by atoms with Crippen LogP contribution in [0.3, 0.4) is 0 Å². The summed E-state index contributed by atoms with van der Waals surface area (Å²) in [5, 5.41) is 3.23. The van der Waals surface area contributed by atoms with Gasteiger partial charge in [0.1, 0.15) is 5.82 Å². The van der Waals surface area contributed by atoms with Gasteiger partial charge in [-0.05, 0) is 51.7 Å². The Balaban J connectivity index is 2.35. The highest BCUT2D eigenvalue weighted by molar-refractivity contribution is 5.95. The van der Waals surface area contributed by atoms with Crippen molar-refractivity contribution in [3.63, 3.8) is 0 Å². The van der Waals surface area contributed by atoms with Crippen molar-refractivity contribution in [2.45, 2.75) is 58.9 Å². The number of nitrogens with one attached hydrogen (secondary N) is 1. The van der Waals surface area contributed by atoms with Gasteiger partial charge < -0.3 is 10.2 Å². The predicted octanol–water partition coefficient (Wildman–Crippen LogP) is 3.65. The molecule has 1 aliphatic rings. The molecule has 1 fully saturated rings. The number of hydrogen-bond donors (Lipinski definition) is 1. The number of pyridine rings is 1. The van der Waals surface area contributed by atoms with Gasteiger partial charge in [-0.15, -0.1) is 0 Å². The lowest BCUT2D eigenvalue weighted by Gasteiger charge is -2.32. The van der Waals surface area contributed by atoms with E-state index >= 15 is 0 Å². The van der Waals surface area contributed by atoms with Crippen molar-refractivity contribution in [3.05, 3.63) is 23.4 Å². The van der Waals surface area contributed by atoms with E-state index in [1.807, 2.05) is 24.0 Å². The summed E-state index contributed by atoms with van der Waals surface area (Å²) in [5.74, 6) is 1.23. The zero-order chi connectivity index (χ0) is 15.6. The van der Waals surface area contributed by atoms with Gasteiger partial charge >= 0.3 is 0 Å². The Labute approximate surface area is 127 Å². The Morgan fingerprint density at radius 3 is 2.67 bits per heavy atom. The third-order valence-electron chi connectivity index (χ3n) is 4.19. The number of nitrogens with zero attached hydrogens (tertiary/aromatic N) is 2. The van der Waals surface area contributed by atoms with E-state index in [2.05, 4.69) is 38.0 Å². The van der Waals surface area contributed by atoms with Crippen molar-refractivity contribution in [3.8, 4) is 0 Å². The van der Waals surface area contributed by atoms with Gasteiger partial charge in [-0.1, -0.05) is 13.8 Å². The number of carbonyl (C=O) groups is 1. The Morgan fingerprint density at radius 1 is 1.43 bits per heavy atom. The number of carbonyl (C=O) groups excluding carboxylic acids is 1. The molecule has 0 atom stereocenters. The molecule has 1 N–H and O–H groups in total. The molecule has 0 radical (unpaired) electrons. The molecule has 2 heterocycles. The summed E-state index contributed by atoms with van der Waals surface area (Å²) in [6.07, 6.45) is 2.15. The molecule has 21 heavy (non-hydrogen) atoms. The molecule has 116 valence electrons. The molecule has 1 aromatic heterocycles. The van der Waals surface area contributed by atoms with Crippen molar-refractivity contribution in [2.75, 3.05) is 18.4 Å². The lowest BCUT2D eigenvalue weighted by atomic mass is 10.0. The van der Waals surface area contributed by atoms with Crippen LogP contribution in [0, 0.1) is 0 Å². The summed E-state index contributed by atoms with van der Waals surface area (Å²) >= 11 is 0. The fourth-order valence-corrected chi connectivity index (χ4v) is 2.88. The van der Waals surface area contributed by atoms with Gasteiger partial charge in [-0.2, -0.15) is 0 Å². The zero-order valence-corrected chi connectivity index (χ0v) is 13.9. The summed E-state index contributed by atoms with van der Waals surface area (Å²) in [6, 6.07) is 3.83. The highest BCUT2D eigenvalue weighted by atomic mass is 16.2. The van der Waals surface area contributed by atoms with E-state index in [-0.39, 0.29) is 11.4 Å². The molecule has 0 saturated carbocycles. The summed E-state index contributed by atoms with van der Waals surface area (Å²) in [7, 11) is 0. The largest absolute Gasteiger partial charge is 0.370 e. The van der Waals surface area contributed by atoms with Crippen LogP contribution < -0.4 is 5.32 Å². The van der Waals surface area contributed by atoms with Crippen molar-refractivity contribution in [1.82, 2.24) is 9.88 Å². The first-order valence-corrected chi connectivity index (χ1v) is 7.93. The fraction of sp³-hybridized carbons (Fsp3) is 0.647. The van der Waals surface area contributed by atoms with Gasteiger partial charge in [-0.25, -0.2) is 4.98 Å². The molecular formula is C17H27N3O. The minimum Gasteiger partial charge on any atom is -0.370 e. The molecule has 1 aromatic rings. The van der Waals surface area contributed by atoms with E-state index in [1.54, 1.807) is 0 Å². The van der Waals surface area contributed by atoms with Crippen LogP contribution in [0.4, 0.5) is 5.82 Å². The number of rotatable bonds is 4. The Bertz CT molecular complexity index is 523. The molecule has 4 nitrogen and oxygen atoms in total. The normalized spacial score (nSPS) is 17.3. The second-order valence-corrected chi connectivity index (χ2v) is 6.72. The molecule has 2 rings (SSSR count).